The van der Waals surface area contributed by atoms with E-state index in [1.165, 1.54) is 12.1 Å². The minimum absolute atomic E-state index is 0.00501. The average Bonchev–Trinajstić information content (AvgIpc) is 2.95. The molecule has 39 heavy (non-hydrogen) atoms. The molecular formula is C31H38ClN3O4. The minimum atomic E-state index is -0.475. The van der Waals surface area contributed by atoms with E-state index in [2.05, 4.69) is 10.4 Å². The van der Waals surface area contributed by atoms with E-state index in [1.54, 1.807) is 0 Å². The van der Waals surface area contributed by atoms with Crippen molar-refractivity contribution in [2.75, 3.05) is 7.11 Å². The fourth-order valence-corrected chi connectivity index (χ4v) is 5.76. The number of methoxy groups -OCH3 is 1. The lowest BCUT2D eigenvalue weighted by Crippen LogP contribution is -2.42. The lowest BCUT2D eigenvalue weighted by Gasteiger charge is -2.30. The Kier molecular flexibility index (Phi) is 10.2. The molecule has 208 valence electrons. The molecule has 0 radical (unpaired) electrons. The molecule has 1 fully saturated rings. The number of hydrogen-bond acceptors (Lipinski definition) is 5. The van der Waals surface area contributed by atoms with Crippen molar-refractivity contribution in [3.05, 3.63) is 71.3 Å². The summed E-state index contributed by atoms with van der Waals surface area (Å²) in [4.78, 5) is 37.2. The lowest BCUT2D eigenvalue weighted by atomic mass is 9.83. The van der Waals surface area contributed by atoms with Gasteiger partial charge < -0.3 is 10.1 Å². The van der Waals surface area contributed by atoms with E-state index >= 15 is 0 Å². The fourth-order valence-electron chi connectivity index (χ4n) is 5.50. The van der Waals surface area contributed by atoms with Gasteiger partial charge >= 0.3 is 5.97 Å². The molecule has 8 heteroatoms. The van der Waals surface area contributed by atoms with Gasteiger partial charge in [0.2, 0.25) is 11.8 Å². The van der Waals surface area contributed by atoms with E-state index in [0.717, 1.165) is 54.5 Å². The highest BCUT2D eigenvalue weighted by molar-refractivity contribution is 6.22. The van der Waals surface area contributed by atoms with Crippen molar-refractivity contribution in [2.45, 2.75) is 82.2 Å². The van der Waals surface area contributed by atoms with Gasteiger partial charge in [0.1, 0.15) is 0 Å². The number of nitrogens with one attached hydrogen (secondary N) is 1. The van der Waals surface area contributed by atoms with E-state index in [0.29, 0.717) is 31.7 Å². The van der Waals surface area contributed by atoms with Crippen LogP contribution >= 0.6 is 11.6 Å². The van der Waals surface area contributed by atoms with Crippen LogP contribution in [0.2, 0.25) is 0 Å². The third-order valence-electron chi connectivity index (χ3n) is 7.80. The van der Waals surface area contributed by atoms with E-state index < -0.39 is 5.92 Å². The number of nitrogens with zero attached hydrogens (tertiary/aromatic N) is 2. The summed E-state index contributed by atoms with van der Waals surface area (Å²) < 4.78 is 4.75. The molecule has 0 aromatic heterocycles. The van der Waals surface area contributed by atoms with Gasteiger partial charge in [0.05, 0.1) is 25.3 Å². The number of ether oxygens (including phenoxy) is 1. The first-order valence-electron chi connectivity index (χ1n) is 13.9. The number of alkyl halides is 1. The van der Waals surface area contributed by atoms with Crippen molar-refractivity contribution in [3.8, 4) is 0 Å². The molecule has 4 rings (SSSR count). The second-order valence-electron chi connectivity index (χ2n) is 10.6. The number of halogens is 1. The van der Waals surface area contributed by atoms with Crippen molar-refractivity contribution in [1.29, 1.82) is 0 Å². The van der Waals surface area contributed by atoms with Crippen LogP contribution in [0.15, 0.2) is 59.7 Å². The second kappa shape index (κ2) is 13.7. The summed E-state index contributed by atoms with van der Waals surface area (Å²) in [6.45, 7) is 2.22. The maximum atomic E-state index is 13.3. The molecule has 2 aromatic carbocycles. The molecule has 1 heterocycles. The summed E-state index contributed by atoms with van der Waals surface area (Å²) in [5.74, 6) is -0.205. The first kappa shape index (κ1) is 28.8. The summed E-state index contributed by atoms with van der Waals surface area (Å²) in [6.07, 6.45) is 6.13. The third kappa shape index (κ3) is 7.91. The van der Waals surface area contributed by atoms with Gasteiger partial charge in [-0.25, -0.2) is 5.01 Å². The quantitative estimate of drug-likeness (QED) is 0.309. The summed E-state index contributed by atoms with van der Waals surface area (Å²) in [5, 5.41) is 9.00. The molecular weight excluding hydrogens is 514 g/mol. The number of amides is 2. The maximum absolute atomic E-state index is 13.3. The maximum Gasteiger partial charge on any atom is 0.305 e. The smallest absolute Gasteiger partial charge is 0.305 e. The molecule has 0 bridgehead atoms. The molecule has 2 amide bonds. The highest BCUT2D eigenvalue weighted by atomic mass is 35.5. The second-order valence-corrected chi connectivity index (χ2v) is 11.3. The molecule has 1 aliphatic heterocycles. The monoisotopic (exact) mass is 551 g/mol. The van der Waals surface area contributed by atoms with Crippen LogP contribution in [0.1, 0.15) is 80.9 Å². The van der Waals surface area contributed by atoms with Crippen LogP contribution in [0.4, 0.5) is 0 Å². The van der Waals surface area contributed by atoms with Gasteiger partial charge in [-0.3, -0.25) is 14.4 Å². The topological polar surface area (TPSA) is 88.1 Å². The summed E-state index contributed by atoms with van der Waals surface area (Å²) in [5.41, 5.74) is 3.74. The van der Waals surface area contributed by atoms with E-state index in [-0.39, 0.29) is 29.2 Å². The SMILES string of the molecule is COC(=O)CC[C@H]1CC[C@H](NC(=O)C(c2ccc(CN3N=C(c4ccccc4)CCC3=O)cc2)C(C)Cl)CC1. The zero-order valence-corrected chi connectivity index (χ0v) is 23.5. The number of benzene rings is 2. The van der Waals surface area contributed by atoms with Crippen LogP contribution in [0.5, 0.6) is 0 Å². The predicted octanol–water partition coefficient (Wildman–Crippen LogP) is 5.55. The van der Waals surface area contributed by atoms with Crippen LogP contribution in [0.3, 0.4) is 0 Å². The molecule has 7 nitrogen and oxygen atoms in total. The molecule has 2 unspecified atom stereocenters. The minimum Gasteiger partial charge on any atom is -0.469 e. The first-order valence-corrected chi connectivity index (χ1v) is 14.3. The zero-order valence-electron chi connectivity index (χ0n) is 22.8. The Morgan fingerprint density at radius 3 is 2.38 bits per heavy atom. The number of carbonyl (C=O) groups is 3. The highest BCUT2D eigenvalue weighted by Crippen LogP contribution is 2.30. The molecule has 1 saturated carbocycles. The normalized spacial score (nSPS) is 21.1. The largest absolute Gasteiger partial charge is 0.469 e. The third-order valence-corrected chi connectivity index (χ3v) is 8.05. The Balaban J connectivity index is 1.34. The number of carbonyl (C=O) groups excluding carboxylic acids is 3. The Hall–Kier alpha value is -3.19. The van der Waals surface area contributed by atoms with Gasteiger partial charge in [-0.05, 0) is 61.6 Å². The fraction of sp³-hybridized carbons (Fsp3) is 0.484. The van der Waals surface area contributed by atoms with Crippen molar-refractivity contribution < 1.29 is 19.1 Å². The van der Waals surface area contributed by atoms with Gasteiger partial charge in [-0.2, -0.15) is 5.10 Å². The van der Waals surface area contributed by atoms with E-state index in [4.69, 9.17) is 16.3 Å². The molecule has 1 aliphatic carbocycles. The summed E-state index contributed by atoms with van der Waals surface area (Å²) >= 11 is 6.51. The van der Waals surface area contributed by atoms with Crippen LogP contribution < -0.4 is 5.32 Å². The molecule has 2 atom stereocenters. The van der Waals surface area contributed by atoms with Gasteiger partial charge in [-0.1, -0.05) is 54.6 Å². The van der Waals surface area contributed by atoms with Gasteiger partial charge in [0, 0.05) is 30.7 Å². The average molecular weight is 552 g/mol. The number of esters is 1. The van der Waals surface area contributed by atoms with Crippen LogP contribution in [0, 0.1) is 5.92 Å². The van der Waals surface area contributed by atoms with Crippen molar-refractivity contribution in [3.63, 3.8) is 0 Å². The van der Waals surface area contributed by atoms with Crippen LogP contribution in [-0.4, -0.2) is 47.0 Å². The molecule has 0 spiro atoms. The predicted molar refractivity (Wildman–Crippen MR) is 152 cm³/mol. The van der Waals surface area contributed by atoms with Crippen molar-refractivity contribution >= 4 is 35.1 Å². The molecule has 1 N–H and O–H groups in total. The zero-order chi connectivity index (χ0) is 27.8. The van der Waals surface area contributed by atoms with Crippen LogP contribution in [0.25, 0.3) is 0 Å². The van der Waals surface area contributed by atoms with Crippen LogP contribution in [-0.2, 0) is 25.7 Å². The number of rotatable bonds is 10. The Labute approximate surface area is 235 Å². The Bertz CT molecular complexity index is 1160. The summed E-state index contributed by atoms with van der Waals surface area (Å²) in [7, 11) is 1.42. The summed E-state index contributed by atoms with van der Waals surface area (Å²) in [6, 6.07) is 17.8. The molecule has 2 aromatic rings. The Morgan fingerprint density at radius 2 is 1.74 bits per heavy atom. The highest BCUT2D eigenvalue weighted by Gasteiger charge is 2.30. The van der Waals surface area contributed by atoms with Gasteiger partial charge in [-0.15, -0.1) is 11.6 Å². The van der Waals surface area contributed by atoms with Crippen molar-refractivity contribution in [1.82, 2.24) is 10.3 Å². The lowest BCUT2D eigenvalue weighted by molar-refractivity contribution is -0.141. The first-order chi connectivity index (χ1) is 18.8. The number of hydrogen-bond donors (Lipinski definition) is 1. The van der Waals surface area contributed by atoms with E-state index in [1.807, 2.05) is 61.5 Å². The van der Waals surface area contributed by atoms with E-state index in [9.17, 15) is 14.4 Å². The Morgan fingerprint density at radius 1 is 1.05 bits per heavy atom. The molecule has 0 saturated heterocycles. The van der Waals surface area contributed by atoms with Gasteiger partial charge in [0.15, 0.2) is 0 Å². The molecule has 2 aliphatic rings. The number of hydrazone groups is 1. The standard InChI is InChI=1S/C31H38ClN3O4/c1-21(32)30(31(38)33-26-15-10-22(11-16-26)12-19-29(37)39-2)25-13-8-23(9-14-25)20-35-28(36)18-17-27(34-35)24-6-4-3-5-7-24/h3-9,13-14,21-22,26,30H,10-12,15-20H2,1-2H3,(H,33,38)/t21?,22-,26-,30?. The van der Waals surface area contributed by atoms with Gasteiger partial charge in [0.25, 0.3) is 0 Å². The van der Waals surface area contributed by atoms with Crippen molar-refractivity contribution in [2.24, 2.45) is 11.0 Å².